The zero-order valence-electron chi connectivity index (χ0n) is 23.0. The van der Waals surface area contributed by atoms with Crippen LogP contribution in [0.3, 0.4) is 0 Å². The first-order valence-corrected chi connectivity index (χ1v) is 14.0. The second-order valence-corrected chi connectivity index (χ2v) is 11.6. The summed E-state index contributed by atoms with van der Waals surface area (Å²) in [5.74, 6) is 2.44. The summed E-state index contributed by atoms with van der Waals surface area (Å²) < 4.78 is 5.47. The molecular formula is C29H49N5O. The molecule has 6 nitrogen and oxygen atoms in total. The molecule has 0 bridgehead atoms. The Morgan fingerprint density at radius 3 is 2.20 bits per heavy atom. The highest BCUT2D eigenvalue weighted by atomic mass is 16.5. The number of benzene rings is 1. The number of nitrogens with zero attached hydrogens (tertiary/aromatic N) is 4. The summed E-state index contributed by atoms with van der Waals surface area (Å²) in [5.41, 5.74) is 4.13. The maximum Gasteiger partial charge on any atom is 0.119 e. The zero-order chi connectivity index (χ0) is 24.8. The van der Waals surface area contributed by atoms with Crippen molar-refractivity contribution in [3.8, 4) is 5.75 Å². The maximum atomic E-state index is 5.47. The fourth-order valence-electron chi connectivity index (χ4n) is 5.89. The Balaban J connectivity index is 1.16. The van der Waals surface area contributed by atoms with Crippen LogP contribution in [0.4, 0.5) is 0 Å². The van der Waals surface area contributed by atoms with Gasteiger partial charge in [-0.1, -0.05) is 27.7 Å². The molecule has 0 spiro atoms. The normalized spacial score (nSPS) is 18.3. The van der Waals surface area contributed by atoms with Gasteiger partial charge in [0, 0.05) is 88.5 Å². The molecule has 2 aliphatic heterocycles. The fourth-order valence-corrected chi connectivity index (χ4v) is 5.89. The number of aromatic amines is 1. The molecule has 4 rings (SSSR count). The van der Waals surface area contributed by atoms with Crippen LogP contribution in [-0.4, -0.2) is 104 Å². The lowest BCUT2D eigenvalue weighted by molar-refractivity contribution is 0.108. The van der Waals surface area contributed by atoms with Gasteiger partial charge in [-0.05, 0) is 55.1 Å². The Labute approximate surface area is 213 Å². The van der Waals surface area contributed by atoms with E-state index in [4.69, 9.17) is 4.74 Å². The first-order valence-electron chi connectivity index (χ1n) is 14.0. The minimum absolute atomic E-state index is 0.746. The van der Waals surface area contributed by atoms with Crippen molar-refractivity contribution < 1.29 is 4.74 Å². The molecule has 1 fully saturated rings. The average Bonchev–Trinajstić information content (AvgIpc) is 3.20. The number of hydrogen-bond donors (Lipinski definition) is 1. The first-order chi connectivity index (χ1) is 16.9. The summed E-state index contributed by atoms with van der Waals surface area (Å²) in [6.07, 6.45) is 2.38. The Bertz CT molecular complexity index is 905. The van der Waals surface area contributed by atoms with Gasteiger partial charge in [0.15, 0.2) is 0 Å². The number of nitrogens with one attached hydrogen (secondary N) is 1. The smallest absolute Gasteiger partial charge is 0.119 e. The van der Waals surface area contributed by atoms with E-state index in [0.717, 1.165) is 37.1 Å². The first kappa shape index (κ1) is 26.5. The van der Waals surface area contributed by atoms with E-state index in [0.29, 0.717) is 0 Å². The molecule has 1 saturated heterocycles. The summed E-state index contributed by atoms with van der Waals surface area (Å²) in [7, 11) is 1.75. The third kappa shape index (κ3) is 7.45. The molecule has 0 aliphatic carbocycles. The van der Waals surface area contributed by atoms with Crippen LogP contribution in [0.2, 0.25) is 0 Å². The molecular weight excluding hydrogens is 434 g/mol. The second-order valence-electron chi connectivity index (χ2n) is 11.6. The van der Waals surface area contributed by atoms with Crippen molar-refractivity contribution in [3.63, 3.8) is 0 Å². The Morgan fingerprint density at radius 2 is 1.54 bits per heavy atom. The third-order valence-electron chi connectivity index (χ3n) is 7.65. The summed E-state index contributed by atoms with van der Waals surface area (Å²) in [5, 5.41) is 1.33. The third-order valence-corrected chi connectivity index (χ3v) is 7.65. The van der Waals surface area contributed by atoms with Gasteiger partial charge >= 0.3 is 0 Å². The van der Waals surface area contributed by atoms with Gasteiger partial charge in [-0.3, -0.25) is 9.80 Å². The highest BCUT2D eigenvalue weighted by molar-refractivity contribution is 5.86. The van der Waals surface area contributed by atoms with Crippen molar-refractivity contribution in [2.75, 3.05) is 79.1 Å². The van der Waals surface area contributed by atoms with E-state index in [1.54, 1.807) is 7.11 Å². The van der Waals surface area contributed by atoms with E-state index in [2.05, 4.69) is 70.5 Å². The van der Waals surface area contributed by atoms with Crippen LogP contribution in [0.15, 0.2) is 18.2 Å². The van der Waals surface area contributed by atoms with Gasteiger partial charge in [-0.2, -0.15) is 0 Å². The highest BCUT2D eigenvalue weighted by Gasteiger charge is 2.22. The quantitative estimate of drug-likeness (QED) is 0.491. The molecule has 0 radical (unpaired) electrons. The van der Waals surface area contributed by atoms with Gasteiger partial charge in [0.05, 0.1) is 7.11 Å². The zero-order valence-corrected chi connectivity index (χ0v) is 23.0. The minimum atomic E-state index is 0.746. The molecule has 1 N–H and O–H groups in total. The molecule has 0 saturated carbocycles. The molecule has 6 heteroatoms. The largest absolute Gasteiger partial charge is 0.497 e. The average molecular weight is 484 g/mol. The van der Waals surface area contributed by atoms with Crippen LogP contribution in [0, 0.1) is 11.8 Å². The van der Waals surface area contributed by atoms with Crippen LogP contribution in [0.25, 0.3) is 10.9 Å². The highest BCUT2D eigenvalue weighted by Crippen LogP contribution is 2.30. The van der Waals surface area contributed by atoms with Crippen molar-refractivity contribution in [1.82, 2.24) is 24.6 Å². The number of methoxy groups -OCH3 is 1. The lowest BCUT2D eigenvalue weighted by atomic mass is 10.0. The fraction of sp³-hybridized carbons (Fsp3) is 0.724. The maximum absolute atomic E-state index is 5.47. The standard InChI is InChI=1S/C29H49N5O/c1-23(2)20-34(21-24(3)4)18-17-32-15-13-31(14-16-32)10-6-11-33-12-9-29-27(22-33)26-19-25(35-5)7-8-28(26)30-29/h7-8,19,23-24,30H,6,9-18,20-22H2,1-5H3. The number of fused-ring (bicyclic) bond motifs is 3. The van der Waals surface area contributed by atoms with E-state index in [1.165, 1.54) is 94.0 Å². The van der Waals surface area contributed by atoms with E-state index in [-0.39, 0.29) is 0 Å². The van der Waals surface area contributed by atoms with E-state index in [9.17, 15) is 0 Å². The Kier molecular flexibility index (Phi) is 9.51. The number of rotatable bonds is 12. The molecule has 3 heterocycles. The Morgan fingerprint density at radius 1 is 0.886 bits per heavy atom. The monoisotopic (exact) mass is 483 g/mol. The molecule has 2 aliphatic rings. The lowest BCUT2D eigenvalue weighted by Gasteiger charge is -2.36. The molecule has 196 valence electrons. The number of piperazine rings is 1. The van der Waals surface area contributed by atoms with Crippen molar-refractivity contribution in [3.05, 3.63) is 29.5 Å². The van der Waals surface area contributed by atoms with Gasteiger partial charge in [-0.15, -0.1) is 0 Å². The molecule has 2 aromatic rings. The minimum Gasteiger partial charge on any atom is -0.497 e. The summed E-state index contributed by atoms with van der Waals surface area (Å²) >= 11 is 0. The van der Waals surface area contributed by atoms with Gasteiger partial charge in [0.1, 0.15) is 5.75 Å². The van der Waals surface area contributed by atoms with Gasteiger partial charge < -0.3 is 19.5 Å². The van der Waals surface area contributed by atoms with Gasteiger partial charge in [-0.25, -0.2) is 0 Å². The van der Waals surface area contributed by atoms with E-state index in [1.807, 2.05) is 0 Å². The Hall–Kier alpha value is -1.60. The molecule has 0 unspecified atom stereocenters. The van der Waals surface area contributed by atoms with Crippen LogP contribution in [0.1, 0.15) is 45.4 Å². The van der Waals surface area contributed by atoms with Crippen LogP contribution in [-0.2, 0) is 13.0 Å². The van der Waals surface area contributed by atoms with Gasteiger partial charge in [0.25, 0.3) is 0 Å². The number of ether oxygens (including phenoxy) is 1. The predicted octanol–water partition coefficient (Wildman–Crippen LogP) is 4.16. The van der Waals surface area contributed by atoms with Crippen molar-refractivity contribution in [2.45, 2.75) is 47.1 Å². The topological polar surface area (TPSA) is 38.0 Å². The van der Waals surface area contributed by atoms with E-state index >= 15 is 0 Å². The summed E-state index contributed by atoms with van der Waals surface area (Å²) in [6, 6.07) is 6.40. The van der Waals surface area contributed by atoms with Gasteiger partial charge in [0.2, 0.25) is 0 Å². The van der Waals surface area contributed by atoms with Crippen LogP contribution >= 0.6 is 0 Å². The summed E-state index contributed by atoms with van der Waals surface area (Å²) in [6.45, 7) is 23.8. The van der Waals surface area contributed by atoms with Crippen LogP contribution < -0.4 is 4.74 Å². The molecule has 0 atom stereocenters. The molecule has 1 aromatic carbocycles. The second kappa shape index (κ2) is 12.6. The van der Waals surface area contributed by atoms with Crippen molar-refractivity contribution >= 4 is 10.9 Å². The van der Waals surface area contributed by atoms with Crippen molar-refractivity contribution in [2.24, 2.45) is 11.8 Å². The van der Waals surface area contributed by atoms with Crippen LogP contribution in [0.5, 0.6) is 5.75 Å². The predicted molar refractivity (Wildman–Crippen MR) is 147 cm³/mol. The van der Waals surface area contributed by atoms with Crippen molar-refractivity contribution in [1.29, 1.82) is 0 Å². The molecule has 35 heavy (non-hydrogen) atoms. The number of aromatic nitrogens is 1. The lowest BCUT2D eigenvalue weighted by Crippen LogP contribution is -2.49. The number of H-pyrrole nitrogens is 1. The van der Waals surface area contributed by atoms with E-state index < -0.39 is 0 Å². The SMILES string of the molecule is COc1ccc2[nH]c3c(c2c1)CN(CCCN1CCN(CCN(CC(C)C)CC(C)C)CC1)CC3. The molecule has 0 amide bonds. The molecule has 1 aromatic heterocycles. The summed E-state index contributed by atoms with van der Waals surface area (Å²) in [4.78, 5) is 14.3. The number of hydrogen-bond acceptors (Lipinski definition) is 5.